The number of aryl methyl sites for hydroxylation is 1. The summed E-state index contributed by atoms with van der Waals surface area (Å²) in [5, 5.41) is 12.5. The summed E-state index contributed by atoms with van der Waals surface area (Å²) >= 11 is 0. The van der Waals surface area contributed by atoms with Crippen LogP contribution in [0.15, 0.2) is 15.8 Å². The molecule has 1 aromatic heterocycles. The fourth-order valence-corrected chi connectivity index (χ4v) is 1.93. The molecule has 2 atom stereocenters. The third kappa shape index (κ3) is 2.23. The van der Waals surface area contributed by atoms with E-state index >= 15 is 0 Å². The summed E-state index contributed by atoms with van der Waals surface area (Å²) in [6.07, 6.45) is 1.84. The van der Waals surface area contributed by atoms with Gasteiger partial charge >= 0.3 is 5.69 Å². The predicted octanol–water partition coefficient (Wildman–Crippen LogP) is -1.43. The molecule has 0 aliphatic carbocycles. The topological polar surface area (TPSA) is 87.1 Å². The van der Waals surface area contributed by atoms with Crippen LogP contribution in [-0.4, -0.2) is 33.3 Å². The first-order valence-corrected chi connectivity index (χ1v) is 5.28. The first kappa shape index (κ1) is 11.1. The number of hydrogen-bond donors (Lipinski definition) is 3. The van der Waals surface area contributed by atoms with Crippen LogP contribution in [0.2, 0.25) is 0 Å². The first-order valence-electron chi connectivity index (χ1n) is 5.28. The second-order valence-electron chi connectivity index (χ2n) is 4.22. The average Bonchev–Trinajstić information content (AvgIpc) is 2.60. The molecule has 0 bridgehead atoms. The lowest BCUT2D eigenvalue weighted by molar-refractivity contribution is 0.192. The van der Waals surface area contributed by atoms with E-state index in [-0.39, 0.29) is 17.7 Å². The van der Waals surface area contributed by atoms with E-state index in [1.807, 2.05) is 0 Å². The zero-order valence-corrected chi connectivity index (χ0v) is 9.06. The van der Waals surface area contributed by atoms with Crippen molar-refractivity contribution in [3.8, 4) is 0 Å². The van der Waals surface area contributed by atoms with Gasteiger partial charge in [-0.2, -0.15) is 0 Å². The highest BCUT2D eigenvalue weighted by molar-refractivity contribution is 5.01. The van der Waals surface area contributed by atoms with E-state index in [4.69, 9.17) is 0 Å². The van der Waals surface area contributed by atoms with Gasteiger partial charge < -0.3 is 10.4 Å². The van der Waals surface area contributed by atoms with E-state index in [1.165, 1.54) is 4.57 Å². The molecule has 0 spiro atoms. The second kappa shape index (κ2) is 4.23. The van der Waals surface area contributed by atoms with Crippen LogP contribution in [0.3, 0.4) is 0 Å². The average molecular weight is 225 g/mol. The number of aliphatic hydroxyl groups excluding tert-OH is 1. The van der Waals surface area contributed by atoms with E-state index in [0.29, 0.717) is 25.1 Å². The molecule has 0 aromatic carbocycles. The van der Waals surface area contributed by atoms with Crippen molar-refractivity contribution in [1.82, 2.24) is 14.9 Å². The maximum Gasteiger partial charge on any atom is 0.328 e. The van der Waals surface area contributed by atoms with Gasteiger partial charge in [0.15, 0.2) is 0 Å². The van der Waals surface area contributed by atoms with Crippen LogP contribution in [0.25, 0.3) is 0 Å². The zero-order chi connectivity index (χ0) is 11.7. The molecule has 0 unspecified atom stereocenters. The van der Waals surface area contributed by atoms with Gasteiger partial charge in [0.2, 0.25) is 0 Å². The van der Waals surface area contributed by atoms with Crippen LogP contribution in [0.1, 0.15) is 12.0 Å². The number of aliphatic hydroxyl groups is 1. The van der Waals surface area contributed by atoms with Crippen molar-refractivity contribution >= 4 is 0 Å². The number of rotatable bonds is 2. The van der Waals surface area contributed by atoms with Crippen molar-refractivity contribution < 1.29 is 5.11 Å². The fourth-order valence-electron chi connectivity index (χ4n) is 1.93. The number of nitrogens with zero attached hydrogens (tertiary/aromatic N) is 1. The Labute approximate surface area is 91.9 Å². The SMILES string of the molecule is Cc1cn(C[C@H]2C[C@H](O)CN2)c(=O)[nH]c1=O. The Morgan fingerprint density at radius 1 is 1.56 bits per heavy atom. The first-order chi connectivity index (χ1) is 7.56. The maximum atomic E-state index is 11.5. The molecule has 2 rings (SSSR count). The lowest BCUT2D eigenvalue weighted by Gasteiger charge is -2.12. The van der Waals surface area contributed by atoms with Crippen molar-refractivity contribution in [2.24, 2.45) is 0 Å². The highest BCUT2D eigenvalue weighted by atomic mass is 16.3. The van der Waals surface area contributed by atoms with Crippen LogP contribution in [0, 0.1) is 6.92 Å². The van der Waals surface area contributed by atoms with Gasteiger partial charge in [0.1, 0.15) is 0 Å². The molecule has 0 saturated carbocycles. The monoisotopic (exact) mass is 225 g/mol. The second-order valence-corrected chi connectivity index (χ2v) is 4.22. The van der Waals surface area contributed by atoms with Crippen LogP contribution < -0.4 is 16.6 Å². The van der Waals surface area contributed by atoms with Crippen LogP contribution in [0.5, 0.6) is 0 Å². The van der Waals surface area contributed by atoms with Gasteiger partial charge in [0.05, 0.1) is 6.10 Å². The standard InChI is InChI=1S/C10H15N3O3/c1-6-4-13(10(16)12-9(6)15)5-7-2-8(14)3-11-7/h4,7-8,11,14H,2-3,5H2,1H3,(H,12,15,16)/t7-,8+/m1/s1. The van der Waals surface area contributed by atoms with Gasteiger partial charge in [0.25, 0.3) is 5.56 Å². The minimum absolute atomic E-state index is 0.0815. The van der Waals surface area contributed by atoms with E-state index in [1.54, 1.807) is 13.1 Å². The third-order valence-electron chi connectivity index (χ3n) is 2.80. The highest BCUT2D eigenvalue weighted by Crippen LogP contribution is 2.07. The Morgan fingerprint density at radius 2 is 2.31 bits per heavy atom. The smallest absolute Gasteiger partial charge is 0.328 e. The van der Waals surface area contributed by atoms with Crippen molar-refractivity contribution in [3.63, 3.8) is 0 Å². The lowest BCUT2D eigenvalue weighted by atomic mass is 10.2. The molecule has 3 N–H and O–H groups in total. The summed E-state index contributed by atoms with van der Waals surface area (Å²) < 4.78 is 1.46. The maximum absolute atomic E-state index is 11.5. The Balaban J connectivity index is 2.19. The summed E-state index contributed by atoms with van der Waals surface area (Å²) in [7, 11) is 0. The van der Waals surface area contributed by atoms with E-state index in [0.717, 1.165) is 0 Å². The molecule has 1 aliphatic heterocycles. The Hall–Kier alpha value is -1.40. The Kier molecular flexibility index (Phi) is 2.93. The Bertz CT molecular complexity index is 491. The van der Waals surface area contributed by atoms with Crippen LogP contribution >= 0.6 is 0 Å². The minimum Gasteiger partial charge on any atom is -0.392 e. The van der Waals surface area contributed by atoms with Crippen molar-refractivity contribution in [2.45, 2.75) is 32.0 Å². The molecule has 6 nitrogen and oxygen atoms in total. The molecule has 1 saturated heterocycles. The van der Waals surface area contributed by atoms with Gasteiger partial charge in [0, 0.05) is 30.9 Å². The largest absolute Gasteiger partial charge is 0.392 e. The number of H-pyrrole nitrogens is 1. The molecule has 88 valence electrons. The highest BCUT2D eigenvalue weighted by Gasteiger charge is 2.22. The normalized spacial score (nSPS) is 24.9. The summed E-state index contributed by atoms with van der Waals surface area (Å²) in [6, 6.07) is 0.0815. The zero-order valence-electron chi connectivity index (χ0n) is 9.06. The molecule has 1 fully saturated rings. The Morgan fingerprint density at radius 3 is 2.94 bits per heavy atom. The quantitative estimate of drug-likeness (QED) is 0.576. The fraction of sp³-hybridized carbons (Fsp3) is 0.600. The molecule has 1 aromatic rings. The van der Waals surface area contributed by atoms with Gasteiger partial charge in [-0.1, -0.05) is 0 Å². The number of aromatic amines is 1. The minimum atomic E-state index is -0.404. The molecule has 16 heavy (non-hydrogen) atoms. The summed E-state index contributed by atoms with van der Waals surface area (Å²) in [5.41, 5.74) is -0.238. The van der Waals surface area contributed by atoms with Crippen molar-refractivity contribution in [3.05, 3.63) is 32.6 Å². The summed E-state index contributed by atoms with van der Waals surface area (Å²) in [6.45, 7) is 2.68. The number of aromatic nitrogens is 2. The third-order valence-corrected chi connectivity index (χ3v) is 2.80. The lowest BCUT2D eigenvalue weighted by Crippen LogP contribution is -2.36. The summed E-state index contributed by atoms with van der Waals surface area (Å²) in [5.74, 6) is 0. The van der Waals surface area contributed by atoms with Crippen molar-refractivity contribution in [2.75, 3.05) is 6.54 Å². The molecule has 0 radical (unpaired) electrons. The number of hydrogen-bond acceptors (Lipinski definition) is 4. The molecule has 0 amide bonds. The summed E-state index contributed by atoms with van der Waals surface area (Å²) in [4.78, 5) is 24.9. The van der Waals surface area contributed by atoms with Gasteiger partial charge in [-0.25, -0.2) is 4.79 Å². The molecule has 2 heterocycles. The van der Waals surface area contributed by atoms with Gasteiger partial charge in [-0.15, -0.1) is 0 Å². The van der Waals surface area contributed by atoms with Gasteiger partial charge in [-0.05, 0) is 13.3 Å². The molecular formula is C10H15N3O3. The van der Waals surface area contributed by atoms with Crippen molar-refractivity contribution in [1.29, 1.82) is 0 Å². The molecule has 6 heteroatoms. The van der Waals surface area contributed by atoms with E-state index in [9.17, 15) is 14.7 Å². The van der Waals surface area contributed by atoms with E-state index < -0.39 is 5.69 Å². The number of β-amino-alcohol motifs (C(OH)–C–C–N with tert-alkyl or cyclic N) is 1. The molecular weight excluding hydrogens is 210 g/mol. The predicted molar refractivity (Wildman–Crippen MR) is 58.5 cm³/mol. The van der Waals surface area contributed by atoms with Gasteiger partial charge in [-0.3, -0.25) is 14.3 Å². The van der Waals surface area contributed by atoms with E-state index in [2.05, 4.69) is 10.3 Å². The number of nitrogens with one attached hydrogen (secondary N) is 2. The molecule has 1 aliphatic rings. The van der Waals surface area contributed by atoms with Crippen LogP contribution in [-0.2, 0) is 6.54 Å². The van der Waals surface area contributed by atoms with Crippen LogP contribution in [0.4, 0.5) is 0 Å².